The zero-order valence-corrected chi connectivity index (χ0v) is 10.7. The summed E-state index contributed by atoms with van der Waals surface area (Å²) >= 11 is 0. The van der Waals surface area contributed by atoms with Gasteiger partial charge in [0.15, 0.2) is 0 Å². The summed E-state index contributed by atoms with van der Waals surface area (Å²) in [5.74, 6) is 0.102. The molecule has 0 radical (unpaired) electrons. The molecule has 0 aromatic rings. The number of carbonyl (C=O) groups is 2. The van der Waals surface area contributed by atoms with Gasteiger partial charge in [-0.3, -0.25) is 14.5 Å². The molecule has 2 atom stereocenters. The highest BCUT2D eigenvalue weighted by Crippen LogP contribution is 2.47. The van der Waals surface area contributed by atoms with Gasteiger partial charge in [0, 0.05) is 24.4 Å². The molecule has 1 saturated heterocycles. The van der Waals surface area contributed by atoms with Crippen molar-refractivity contribution in [2.45, 2.75) is 39.7 Å². The van der Waals surface area contributed by atoms with Crippen LogP contribution in [0.1, 0.15) is 34.1 Å². The summed E-state index contributed by atoms with van der Waals surface area (Å²) in [7, 11) is 2.09. The van der Waals surface area contributed by atoms with Gasteiger partial charge >= 0.3 is 5.97 Å². The van der Waals surface area contributed by atoms with Gasteiger partial charge in [-0.1, -0.05) is 0 Å². The minimum absolute atomic E-state index is 0.275. The first-order valence-corrected chi connectivity index (χ1v) is 5.56. The fourth-order valence-corrected chi connectivity index (χ4v) is 1.88. The van der Waals surface area contributed by atoms with Gasteiger partial charge in [-0.25, -0.2) is 0 Å². The van der Waals surface area contributed by atoms with Crippen molar-refractivity contribution in [1.29, 1.82) is 0 Å². The van der Waals surface area contributed by atoms with Crippen LogP contribution in [0.5, 0.6) is 0 Å². The Morgan fingerprint density at radius 3 is 2.00 bits per heavy atom. The van der Waals surface area contributed by atoms with Crippen molar-refractivity contribution in [3.8, 4) is 0 Å². The fraction of sp³-hybridized carbons (Fsp3) is 0.833. The topological polar surface area (TPSA) is 57.6 Å². The molecule has 0 bridgehead atoms. The zero-order chi connectivity index (χ0) is 12.7. The van der Waals surface area contributed by atoms with Crippen LogP contribution in [0.2, 0.25) is 0 Å². The van der Waals surface area contributed by atoms with Crippen molar-refractivity contribution in [2.24, 2.45) is 11.3 Å². The summed E-state index contributed by atoms with van der Waals surface area (Å²) in [6, 6.07) is 0. The van der Waals surface area contributed by atoms with E-state index in [1.165, 1.54) is 0 Å². The van der Waals surface area contributed by atoms with E-state index in [0.717, 1.165) is 13.0 Å². The number of hydrogen-bond donors (Lipinski definition) is 1. The van der Waals surface area contributed by atoms with E-state index in [0.29, 0.717) is 11.7 Å². The molecule has 2 fully saturated rings. The number of piperidine rings is 1. The van der Waals surface area contributed by atoms with Crippen LogP contribution in [0.15, 0.2) is 0 Å². The van der Waals surface area contributed by atoms with E-state index >= 15 is 0 Å². The fourth-order valence-electron chi connectivity index (χ4n) is 1.88. The Morgan fingerprint density at radius 2 is 1.94 bits per heavy atom. The normalized spacial score (nSPS) is 32.8. The second kappa shape index (κ2) is 3.84. The lowest BCUT2D eigenvalue weighted by Crippen LogP contribution is -2.74. The molecule has 1 aliphatic heterocycles. The van der Waals surface area contributed by atoms with E-state index in [-0.39, 0.29) is 5.54 Å². The van der Waals surface area contributed by atoms with E-state index in [1.54, 1.807) is 20.8 Å². The summed E-state index contributed by atoms with van der Waals surface area (Å²) < 4.78 is 0. The molecule has 0 amide bonds. The Kier molecular flexibility index (Phi) is 3.16. The van der Waals surface area contributed by atoms with Gasteiger partial charge in [0.1, 0.15) is 5.78 Å². The number of hydrogen-bond acceptors (Lipinski definition) is 3. The molecule has 0 spiro atoms. The Balaban J connectivity index is 0.000000168. The highest BCUT2D eigenvalue weighted by atomic mass is 16.4. The van der Waals surface area contributed by atoms with Crippen LogP contribution in [0.25, 0.3) is 0 Å². The van der Waals surface area contributed by atoms with Crippen LogP contribution < -0.4 is 0 Å². The van der Waals surface area contributed by atoms with Crippen molar-refractivity contribution in [3.63, 3.8) is 0 Å². The quantitative estimate of drug-likeness (QED) is 0.679. The number of likely N-dealkylation sites (tertiary alicyclic amines) is 1. The number of carboxylic acid groups (broad SMARTS) is 1. The maximum Gasteiger partial charge on any atom is 0.308 e. The summed E-state index contributed by atoms with van der Waals surface area (Å²) in [6.07, 6.45) is 0.786. The number of Topliss-reactive ketones (excluding diaryl/α,β-unsaturated/α-hetero) is 1. The van der Waals surface area contributed by atoms with Crippen molar-refractivity contribution < 1.29 is 14.7 Å². The van der Waals surface area contributed by atoms with Crippen LogP contribution in [0.4, 0.5) is 0 Å². The maximum atomic E-state index is 10.8. The molecule has 2 aliphatic rings. The number of carboxylic acids is 1. The molecular weight excluding hydrogens is 206 g/mol. The van der Waals surface area contributed by atoms with Crippen LogP contribution in [0, 0.1) is 11.3 Å². The average molecular weight is 227 g/mol. The lowest BCUT2D eigenvalue weighted by Gasteiger charge is -2.61. The predicted octanol–water partition coefficient (Wildman–Crippen LogP) is 1.40. The maximum absolute atomic E-state index is 10.8. The molecule has 4 nitrogen and oxygen atoms in total. The van der Waals surface area contributed by atoms with Crippen LogP contribution in [0.3, 0.4) is 0 Å². The van der Waals surface area contributed by atoms with E-state index in [9.17, 15) is 9.59 Å². The average Bonchev–Trinajstić information content (AvgIpc) is 2.13. The van der Waals surface area contributed by atoms with Gasteiger partial charge in [0.2, 0.25) is 0 Å². The first-order chi connectivity index (χ1) is 7.09. The zero-order valence-electron chi connectivity index (χ0n) is 10.7. The smallest absolute Gasteiger partial charge is 0.308 e. The molecule has 92 valence electrons. The predicted molar refractivity (Wildman–Crippen MR) is 61.2 cm³/mol. The molecule has 1 aliphatic carbocycles. The van der Waals surface area contributed by atoms with Gasteiger partial charge in [-0.15, -0.1) is 0 Å². The monoisotopic (exact) mass is 227 g/mol. The number of nitrogens with zero attached hydrogens (tertiary/aromatic N) is 1. The van der Waals surface area contributed by atoms with Crippen LogP contribution in [-0.4, -0.2) is 40.9 Å². The first kappa shape index (κ1) is 13.2. The van der Waals surface area contributed by atoms with Crippen LogP contribution >= 0.6 is 0 Å². The molecule has 2 rings (SSSR count). The summed E-state index contributed by atoms with van der Waals surface area (Å²) in [6.45, 7) is 8.15. The Hall–Kier alpha value is -0.900. The van der Waals surface area contributed by atoms with Gasteiger partial charge in [-0.2, -0.15) is 0 Å². The third kappa shape index (κ3) is 2.12. The summed E-state index contributed by atoms with van der Waals surface area (Å²) in [5, 5.41) is 8.25. The second-order valence-corrected chi connectivity index (χ2v) is 5.99. The van der Waals surface area contributed by atoms with E-state index in [4.69, 9.17) is 5.11 Å². The molecule has 1 heterocycles. The SMILES string of the molecule is CC(C)(C)C(=O)O.CN1CC2C(=O)CC21C. The molecule has 1 N–H and O–H groups in total. The van der Waals surface area contributed by atoms with E-state index in [1.807, 2.05) is 0 Å². The van der Waals surface area contributed by atoms with Gasteiger partial charge in [0.05, 0.1) is 5.41 Å². The highest BCUT2D eigenvalue weighted by molar-refractivity contribution is 5.92. The third-order valence-corrected chi connectivity index (χ3v) is 3.64. The Morgan fingerprint density at radius 1 is 1.50 bits per heavy atom. The third-order valence-electron chi connectivity index (χ3n) is 3.64. The number of fused-ring (bicyclic) bond motifs is 1. The lowest BCUT2D eigenvalue weighted by atomic mass is 9.59. The van der Waals surface area contributed by atoms with Crippen LogP contribution in [-0.2, 0) is 9.59 Å². The standard InChI is InChI=1S/C7H11NO.C5H10O2/c1-7-3-6(9)5(7)4-8(7)2;1-5(2,3)4(6)7/h5H,3-4H2,1-2H3;1-3H3,(H,6,7). The van der Waals surface area contributed by atoms with Crippen molar-refractivity contribution in [2.75, 3.05) is 13.6 Å². The number of ketones is 1. The Bertz CT molecular complexity index is 319. The van der Waals surface area contributed by atoms with E-state index < -0.39 is 11.4 Å². The lowest BCUT2D eigenvalue weighted by molar-refractivity contribution is -0.167. The number of aliphatic carboxylic acids is 1. The second-order valence-electron chi connectivity index (χ2n) is 5.99. The van der Waals surface area contributed by atoms with Gasteiger partial charge in [-0.05, 0) is 34.7 Å². The molecule has 0 aromatic carbocycles. The summed E-state index contributed by atoms with van der Waals surface area (Å²) in [5.41, 5.74) is -0.308. The molecule has 0 aromatic heterocycles. The van der Waals surface area contributed by atoms with E-state index in [2.05, 4.69) is 18.9 Å². The van der Waals surface area contributed by atoms with Gasteiger partial charge < -0.3 is 5.11 Å². The largest absolute Gasteiger partial charge is 0.481 e. The minimum atomic E-state index is -0.757. The minimum Gasteiger partial charge on any atom is -0.481 e. The van der Waals surface area contributed by atoms with Crippen molar-refractivity contribution in [3.05, 3.63) is 0 Å². The number of carbonyl (C=O) groups excluding carboxylic acids is 1. The molecule has 1 saturated carbocycles. The van der Waals surface area contributed by atoms with Crippen molar-refractivity contribution in [1.82, 2.24) is 4.90 Å². The molecule has 4 heteroatoms. The molecular formula is C12H21NO3. The molecule has 2 unspecified atom stereocenters. The van der Waals surface area contributed by atoms with Crippen molar-refractivity contribution >= 4 is 11.8 Å². The summed E-state index contributed by atoms with van der Waals surface area (Å²) in [4.78, 5) is 23.1. The Labute approximate surface area is 96.6 Å². The van der Waals surface area contributed by atoms with Gasteiger partial charge in [0.25, 0.3) is 0 Å². The highest BCUT2D eigenvalue weighted by Gasteiger charge is 2.60. The first-order valence-electron chi connectivity index (χ1n) is 5.56. The molecule has 16 heavy (non-hydrogen) atoms. The number of rotatable bonds is 0.